The number of aliphatic hydroxyl groups excluding tert-OH is 6. The summed E-state index contributed by atoms with van der Waals surface area (Å²) < 4.78 is 92.4. The Morgan fingerprint density at radius 1 is 0.560 bits per heavy atom. The molecule has 0 aliphatic heterocycles. The second-order valence-corrected chi connectivity index (χ2v) is 28.3. The molecule has 0 saturated heterocycles. The molecule has 25 heteroatoms. The van der Waals surface area contributed by atoms with Crippen molar-refractivity contribution in [1.82, 2.24) is 10.2 Å². The standard InChI is InChI=1S/C29H36NO8PS.C23H22ClO2P.C6H15NO6S.CH3I.K/c1-21-16-22(2)27(28(34)39(35,24-10-6-4-7-11-24)25-12-8-5-9-13-25)23(3)26(21)17-30(14-15-40(36,37)38)29(18-31,19-32)20-33;1-16-14-17(2)22(18(3)21(16)15-24)23(25)27(26,19-10-6-4-7-11-19)20-12-8-5-9-13-20;8-3-6(4-9,5-10)7-1-2-14(11,12)13;1-2;/h4-13,16,31-33H,14-15,17-20H2,1-3H3,(H,36,37,38);4-14H,15H2,1-3H3;7-10H,1-5H2,(H,11,12,13);1H3;/q;;;;+1/p-1. The summed E-state index contributed by atoms with van der Waals surface area (Å²) >= 11 is 8.28. The van der Waals surface area contributed by atoms with Gasteiger partial charge >= 0.3 is 51.4 Å². The average Bonchev–Trinajstić information content (AvgIpc) is 2.35. The first-order chi connectivity index (χ1) is 39.1. The SMILES string of the molecule is CI.Cc1cc(C)c(C(=O)P(=O)(c2ccccc2)c2ccccc2)c(C)c1CCl.Cc1cc(C)c(C(=O)P(=O)(c2ccccc2)c2ccccc2)c(C)c1CN(CCS(=O)(=O)[O-])C(CO)(CO)CO.O=S(=O)(O)CCNC(CO)(CO)CO.[K+]. The van der Waals surface area contributed by atoms with Crippen molar-refractivity contribution in [3.8, 4) is 0 Å². The molecular formula is C59H75ClIKN2O16P2S2. The Labute approximate surface area is 555 Å². The second-order valence-electron chi connectivity index (χ2n) is 19.6. The van der Waals surface area contributed by atoms with Gasteiger partial charge in [0.1, 0.15) is 0 Å². The maximum Gasteiger partial charge on any atom is 1.00 e. The minimum absolute atomic E-state index is 0. The van der Waals surface area contributed by atoms with Gasteiger partial charge < -0.3 is 49.6 Å². The molecule has 454 valence electrons. The summed E-state index contributed by atoms with van der Waals surface area (Å²) in [6, 6.07) is 38.9. The molecule has 0 aliphatic rings. The largest absolute Gasteiger partial charge is 1.00 e. The number of aryl methyl sites for hydroxylation is 4. The van der Waals surface area contributed by atoms with Gasteiger partial charge in [0, 0.05) is 57.9 Å². The molecule has 8 N–H and O–H groups in total. The fourth-order valence-electron chi connectivity index (χ4n) is 9.30. The maximum atomic E-state index is 14.8. The molecule has 0 radical (unpaired) electrons. The molecule has 0 bridgehead atoms. The van der Waals surface area contributed by atoms with Crippen molar-refractivity contribution in [2.75, 3.05) is 69.2 Å². The molecule has 0 amide bonds. The first-order valence-corrected chi connectivity index (χ1v) is 35.1. The Bertz CT molecular complexity index is 3320. The first-order valence-electron chi connectivity index (χ1n) is 25.8. The number of carbonyl (C=O) groups excluding carboxylic acids is 2. The van der Waals surface area contributed by atoms with E-state index in [9.17, 15) is 55.4 Å². The summed E-state index contributed by atoms with van der Waals surface area (Å²) in [5.41, 5.74) is 2.92. The van der Waals surface area contributed by atoms with E-state index < -0.39 is 102 Å². The van der Waals surface area contributed by atoms with Crippen LogP contribution in [-0.4, -0.2) is 153 Å². The van der Waals surface area contributed by atoms with Crippen LogP contribution in [0.15, 0.2) is 133 Å². The number of carbonyl (C=O) groups is 2. The van der Waals surface area contributed by atoms with E-state index in [0.29, 0.717) is 49.4 Å². The predicted molar refractivity (Wildman–Crippen MR) is 336 cm³/mol. The number of nitrogens with one attached hydrogen (secondary N) is 1. The molecule has 6 aromatic carbocycles. The molecule has 0 spiro atoms. The van der Waals surface area contributed by atoms with E-state index in [1.807, 2.05) is 68.2 Å². The van der Waals surface area contributed by atoms with Gasteiger partial charge in [-0.25, -0.2) is 8.42 Å². The number of hydrogen-bond donors (Lipinski definition) is 8. The van der Waals surface area contributed by atoms with E-state index in [2.05, 4.69) is 27.9 Å². The average molecular weight is 1400 g/mol. The van der Waals surface area contributed by atoms with Crippen molar-refractivity contribution in [1.29, 1.82) is 0 Å². The van der Waals surface area contributed by atoms with Crippen molar-refractivity contribution >= 4 is 101 Å². The van der Waals surface area contributed by atoms with Gasteiger partial charge in [-0.05, 0) is 91.0 Å². The van der Waals surface area contributed by atoms with Crippen molar-refractivity contribution < 1.29 is 127 Å². The molecule has 18 nitrogen and oxygen atoms in total. The van der Waals surface area contributed by atoms with Gasteiger partial charge in [0.25, 0.3) is 10.1 Å². The van der Waals surface area contributed by atoms with Crippen LogP contribution in [0.4, 0.5) is 0 Å². The normalized spacial score (nSPS) is 11.9. The van der Waals surface area contributed by atoms with Crippen molar-refractivity contribution in [2.45, 2.75) is 65.0 Å². The Morgan fingerprint density at radius 2 is 0.881 bits per heavy atom. The van der Waals surface area contributed by atoms with E-state index in [0.717, 1.165) is 27.8 Å². The van der Waals surface area contributed by atoms with Gasteiger partial charge in [-0.1, -0.05) is 156 Å². The van der Waals surface area contributed by atoms with Crippen LogP contribution in [0.1, 0.15) is 65.2 Å². The van der Waals surface area contributed by atoms with E-state index >= 15 is 0 Å². The monoisotopic (exact) mass is 1390 g/mol. The quantitative estimate of drug-likeness (QED) is 0.0134. The van der Waals surface area contributed by atoms with Crippen LogP contribution < -0.4 is 77.9 Å². The molecule has 6 aromatic rings. The van der Waals surface area contributed by atoms with Crippen LogP contribution in [-0.2, 0) is 41.8 Å². The summed E-state index contributed by atoms with van der Waals surface area (Å²) in [4.78, 5) is 31.5. The predicted octanol–water partition coefficient (Wildman–Crippen LogP) is 2.57. The van der Waals surface area contributed by atoms with E-state index in [1.54, 1.807) is 112 Å². The molecule has 0 fully saturated rings. The molecule has 84 heavy (non-hydrogen) atoms. The Hall–Kier alpha value is -2.72. The maximum absolute atomic E-state index is 14.8. The van der Waals surface area contributed by atoms with E-state index in [1.165, 1.54) is 4.90 Å². The van der Waals surface area contributed by atoms with Gasteiger partial charge in [0.05, 0.1) is 72.3 Å². The van der Waals surface area contributed by atoms with Gasteiger partial charge in [-0.3, -0.25) is 19.0 Å². The Balaban J connectivity index is 0.000000471. The molecule has 0 saturated carbocycles. The topological polar surface area (TPSA) is 316 Å². The zero-order valence-electron chi connectivity index (χ0n) is 48.4. The number of nitrogens with zero attached hydrogens (tertiary/aromatic N) is 1. The molecular weight excluding hydrogens is 1320 g/mol. The summed E-state index contributed by atoms with van der Waals surface area (Å²) in [6.07, 6.45) is 0. The smallest absolute Gasteiger partial charge is 0.748 e. The molecule has 0 aliphatic carbocycles. The van der Waals surface area contributed by atoms with Crippen LogP contribution in [0.5, 0.6) is 0 Å². The van der Waals surface area contributed by atoms with Crippen LogP contribution >= 0.6 is 48.5 Å². The second kappa shape index (κ2) is 35.5. The molecule has 6 rings (SSSR count). The number of hydrogen-bond acceptors (Lipinski definition) is 17. The van der Waals surface area contributed by atoms with E-state index in [-0.39, 0.29) is 82.1 Å². The number of benzene rings is 6. The van der Waals surface area contributed by atoms with Crippen molar-refractivity contribution in [3.63, 3.8) is 0 Å². The van der Waals surface area contributed by atoms with Crippen LogP contribution in [0.25, 0.3) is 0 Å². The first kappa shape index (κ1) is 77.4. The number of alkyl halides is 2. The van der Waals surface area contributed by atoms with E-state index in [4.69, 9.17) is 31.5 Å². The zero-order chi connectivity index (χ0) is 62.6. The molecule has 0 aromatic heterocycles. The third-order valence-electron chi connectivity index (χ3n) is 14.2. The fourth-order valence-corrected chi connectivity index (χ4v) is 15.7. The van der Waals surface area contributed by atoms with Crippen LogP contribution in [0.2, 0.25) is 0 Å². The van der Waals surface area contributed by atoms with Gasteiger partial charge in [-0.2, -0.15) is 8.42 Å². The summed E-state index contributed by atoms with van der Waals surface area (Å²) in [7, 11) is -16.1. The van der Waals surface area contributed by atoms with Crippen molar-refractivity contribution in [3.05, 3.63) is 189 Å². The van der Waals surface area contributed by atoms with Crippen molar-refractivity contribution in [2.24, 2.45) is 0 Å². The third kappa shape index (κ3) is 19.6. The molecule has 0 unspecified atom stereocenters. The minimum Gasteiger partial charge on any atom is -0.748 e. The van der Waals surface area contributed by atoms with Gasteiger partial charge in [0.15, 0.2) is 0 Å². The molecule has 0 heterocycles. The minimum atomic E-state index is -4.65. The summed E-state index contributed by atoms with van der Waals surface area (Å²) in [5, 5.41) is 60.9. The summed E-state index contributed by atoms with van der Waals surface area (Å²) in [5.74, 6) is -1.05. The Morgan fingerprint density at radius 3 is 1.17 bits per heavy atom. The van der Waals surface area contributed by atoms with Crippen LogP contribution in [0.3, 0.4) is 0 Å². The summed E-state index contributed by atoms with van der Waals surface area (Å²) in [6.45, 7) is 6.61. The van der Waals surface area contributed by atoms with Gasteiger partial charge in [-0.15, -0.1) is 11.6 Å². The zero-order valence-corrected chi connectivity index (χ0v) is 57.9. The van der Waals surface area contributed by atoms with Gasteiger partial charge in [0.2, 0.25) is 25.3 Å². The fraction of sp³-hybridized carbons (Fsp3) is 0.356. The third-order valence-corrected chi connectivity index (χ3v) is 21.5. The Kier molecular flexibility index (Phi) is 32.7. The molecule has 0 atom stereocenters. The number of rotatable bonds is 25. The number of aliphatic hydroxyl groups is 6. The van der Waals surface area contributed by atoms with Crippen LogP contribution in [0, 0.1) is 41.5 Å². The number of halogens is 2.